The van der Waals surface area contributed by atoms with E-state index in [1.54, 1.807) is 13.2 Å². The van der Waals surface area contributed by atoms with Gasteiger partial charge in [0, 0.05) is 7.11 Å². The molecule has 0 fully saturated rings. The van der Waals surface area contributed by atoms with E-state index in [-0.39, 0.29) is 6.79 Å². The summed E-state index contributed by atoms with van der Waals surface area (Å²) in [5, 5.41) is 0. The van der Waals surface area contributed by atoms with Gasteiger partial charge in [0.1, 0.15) is 5.75 Å². The van der Waals surface area contributed by atoms with E-state index in [1.807, 2.05) is 12.1 Å². The standard InChI is InChI=1S/C13H18O3/c1-3-4-5-11-6-7-12(9-14)13(8-11)16-10-15-2/h6-9H,3-5,10H2,1-2H3. The lowest BCUT2D eigenvalue weighted by Crippen LogP contribution is -2.02. The second-order valence-electron chi connectivity index (χ2n) is 3.64. The predicted octanol–water partition coefficient (Wildman–Crippen LogP) is 2.82. The monoisotopic (exact) mass is 222 g/mol. The van der Waals surface area contributed by atoms with Crippen molar-refractivity contribution in [3.05, 3.63) is 29.3 Å². The zero-order valence-corrected chi connectivity index (χ0v) is 9.86. The van der Waals surface area contributed by atoms with Crippen molar-refractivity contribution in [1.29, 1.82) is 0 Å². The van der Waals surface area contributed by atoms with E-state index in [0.717, 1.165) is 25.5 Å². The lowest BCUT2D eigenvalue weighted by molar-refractivity contribution is 0.0505. The van der Waals surface area contributed by atoms with Gasteiger partial charge in [0.2, 0.25) is 0 Å². The van der Waals surface area contributed by atoms with Crippen molar-refractivity contribution < 1.29 is 14.3 Å². The molecule has 0 heterocycles. The Morgan fingerprint density at radius 3 is 2.81 bits per heavy atom. The fourth-order valence-corrected chi connectivity index (χ4v) is 1.46. The van der Waals surface area contributed by atoms with Crippen LogP contribution in [0.2, 0.25) is 0 Å². The molecule has 0 aromatic heterocycles. The Hall–Kier alpha value is -1.35. The van der Waals surface area contributed by atoms with Crippen LogP contribution in [0.4, 0.5) is 0 Å². The van der Waals surface area contributed by atoms with Gasteiger partial charge in [0.05, 0.1) is 5.56 Å². The minimum Gasteiger partial charge on any atom is -0.467 e. The third-order valence-electron chi connectivity index (χ3n) is 2.36. The van der Waals surface area contributed by atoms with Gasteiger partial charge < -0.3 is 9.47 Å². The van der Waals surface area contributed by atoms with Crippen LogP contribution in [0.1, 0.15) is 35.7 Å². The molecule has 0 amide bonds. The van der Waals surface area contributed by atoms with Gasteiger partial charge in [-0.05, 0) is 30.5 Å². The molecular formula is C13H18O3. The van der Waals surface area contributed by atoms with Crippen molar-refractivity contribution in [2.24, 2.45) is 0 Å². The summed E-state index contributed by atoms with van der Waals surface area (Å²) < 4.78 is 10.2. The van der Waals surface area contributed by atoms with Crippen molar-refractivity contribution in [2.45, 2.75) is 26.2 Å². The number of unbranched alkanes of at least 4 members (excludes halogenated alkanes) is 1. The second-order valence-corrected chi connectivity index (χ2v) is 3.64. The van der Waals surface area contributed by atoms with Crippen LogP contribution in [0, 0.1) is 0 Å². The van der Waals surface area contributed by atoms with Crippen LogP contribution in [-0.2, 0) is 11.2 Å². The molecule has 0 atom stereocenters. The van der Waals surface area contributed by atoms with Crippen LogP contribution in [0.25, 0.3) is 0 Å². The van der Waals surface area contributed by atoms with Crippen LogP contribution in [0.15, 0.2) is 18.2 Å². The number of hydrogen-bond acceptors (Lipinski definition) is 3. The summed E-state index contributed by atoms with van der Waals surface area (Å²) in [4.78, 5) is 10.8. The topological polar surface area (TPSA) is 35.5 Å². The van der Waals surface area contributed by atoms with Crippen molar-refractivity contribution in [1.82, 2.24) is 0 Å². The van der Waals surface area contributed by atoms with E-state index in [2.05, 4.69) is 6.92 Å². The predicted molar refractivity (Wildman–Crippen MR) is 62.9 cm³/mol. The molecule has 0 aliphatic rings. The highest BCUT2D eigenvalue weighted by Crippen LogP contribution is 2.20. The fraction of sp³-hybridized carbons (Fsp3) is 0.462. The first kappa shape index (κ1) is 12.7. The van der Waals surface area contributed by atoms with Gasteiger partial charge in [0.15, 0.2) is 13.1 Å². The Morgan fingerprint density at radius 2 is 2.19 bits per heavy atom. The quantitative estimate of drug-likeness (QED) is 0.525. The van der Waals surface area contributed by atoms with Gasteiger partial charge in [-0.15, -0.1) is 0 Å². The molecule has 1 aromatic carbocycles. The van der Waals surface area contributed by atoms with Crippen molar-refractivity contribution in [3.8, 4) is 5.75 Å². The maximum atomic E-state index is 10.8. The molecule has 0 aliphatic carbocycles. The zero-order valence-electron chi connectivity index (χ0n) is 9.86. The number of carbonyl (C=O) groups is 1. The number of aryl methyl sites for hydroxylation is 1. The van der Waals surface area contributed by atoms with Gasteiger partial charge in [0.25, 0.3) is 0 Å². The van der Waals surface area contributed by atoms with Gasteiger partial charge in [-0.25, -0.2) is 0 Å². The van der Waals surface area contributed by atoms with Crippen LogP contribution >= 0.6 is 0 Å². The molecule has 0 saturated heterocycles. The second kappa shape index (κ2) is 7.01. The Labute approximate surface area is 96.4 Å². The largest absolute Gasteiger partial charge is 0.467 e. The highest BCUT2D eigenvalue weighted by Gasteiger charge is 2.04. The molecule has 3 heteroatoms. The summed E-state index contributed by atoms with van der Waals surface area (Å²) >= 11 is 0. The highest BCUT2D eigenvalue weighted by molar-refractivity contribution is 5.79. The summed E-state index contributed by atoms with van der Waals surface area (Å²) in [6.07, 6.45) is 4.11. The molecule has 1 rings (SSSR count). The number of ether oxygens (including phenoxy) is 2. The maximum Gasteiger partial charge on any atom is 0.188 e. The smallest absolute Gasteiger partial charge is 0.188 e. The SMILES string of the molecule is CCCCc1ccc(C=O)c(OCOC)c1. The minimum absolute atomic E-state index is 0.165. The Morgan fingerprint density at radius 1 is 1.38 bits per heavy atom. The first-order valence-electron chi connectivity index (χ1n) is 5.51. The minimum atomic E-state index is 0.165. The maximum absolute atomic E-state index is 10.8. The molecule has 0 spiro atoms. The van der Waals surface area contributed by atoms with Gasteiger partial charge in [-0.2, -0.15) is 0 Å². The summed E-state index contributed by atoms with van der Waals surface area (Å²) in [5.41, 5.74) is 1.76. The molecule has 0 saturated carbocycles. The normalized spacial score (nSPS) is 10.1. The first-order chi connectivity index (χ1) is 7.81. The molecule has 0 radical (unpaired) electrons. The average molecular weight is 222 g/mol. The molecule has 1 aromatic rings. The Kier molecular flexibility index (Phi) is 5.57. The molecular weight excluding hydrogens is 204 g/mol. The van der Waals surface area contributed by atoms with E-state index in [9.17, 15) is 4.79 Å². The first-order valence-corrected chi connectivity index (χ1v) is 5.51. The molecule has 3 nitrogen and oxygen atoms in total. The summed E-state index contributed by atoms with van der Waals surface area (Å²) in [6.45, 7) is 2.32. The van der Waals surface area contributed by atoms with E-state index in [1.165, 1.54) is 5.56 Å². The molecule has 16 heavy (non-hydrogen) atoms. The number of aldehydes is 1. The van der Waals surface area contributed by atoms with Gasteiger partial charge in [-0.1, -0.05) is 19.4 Å². The summed E-state index contributed by atoms with van der Waals surface area (Å²) in [6, 6.07) is 5.68. The van der Waals surface area contributed by atoms with E-state index >= 15 is 0 Å². The number of hydrogen-bond donors (Lipinski definition) is 0. The van der Waals surface area contributed by atoms with E-state index in [0.29, 0.717) is 11.3 Å². The fourth-order valence-electron chi connectivity index (χ4n) is 1.46. The van der Waals surface area contributed by atoms with Crippen molar-refractivity contribution in [2.75, 3.05) is 13.9 Å². The zero-order chi connectivity index (χ0) is 11.8. The van der Waals surface area contributed by atoms with Crippen LogP contribution in [-0.4, -0.2) is 20.2 Å². The molecule has 88 valence electrons. The molecule has 0 bridgehead atoms. The Bertz CT molecular complexity index is 334. The third-order valence-corrected chi connectivity index (χ3v) is 2.36. The average Bonchev–Trinajstić information content (AvgIpc) is 2.33. The van der Waals surface area contributed by atoms with Crippen LogP contribution < -0.4 is 4.74 Å². The lowest BCUT2D eigenvalue weighted by atomic mass is 10.1. The number of methoxy groups -OCH3 is 1. The summed E-state index contributed by atoms with van der Waals surface area (Å²) in [5.74, 6) is 0.602. The number of carbonyl (C=O) groups excluding carboxylic acids is 1. The molecule has 0 aliphatic heterocycles. The summed E-state index contributed by atoms with van der Waals surface area (Å²) in [7, 11) is 1.56. The van der Waals surface area contributed by atoms with E-state index < -0.39 is 0 Å². The van der Waals surface area contributed by atoms with E-state index in [4.69, 9.17) is 9.47 Å². The lowest BCUT2D eigenvalue weighted by Gasteiger charge is -2.09. The van der Waals surface area contributed by atoms with Gasteiger partial charge in [-0.3, -0.25) is 4.79 Å². The van der Waals surface area contributed by atoms with Gasteiger partial charge >= 0.3 is 0 Å². The highest BCUT2D eigenvalue weighted by atomic mass is 16.7. The number of rotatable bonds is 7. The molecule has 0 N–H and O–H groups in total. The molecule has 0 unspecified atom stereocenters. The third kappa shape index (κ3) is 3.66. The number of benzene rings is 1. The van der Waals surface area contributed by atoms with Crippen LogP contribution in [0.3, 0.4) is 0 Å². The van der Waals surface area contributed by atoms with Crippen molar-refractivity contribution >= 4 is 6.29 Å². The Balaban J connectivity index is 2.78. The van der Waals surface area contributed by atoms with Crippen LogP contribution in [0.5, 0.6) is 5.75 Å². The van der Waals surface area contributed by atoms with Crippen molar-refractivity contribution in [3.63, 3.8) is 0 Å².